The van der Waals surface area contributed by atoms with Gasteiger partial charge in [0.25, 0.3) is 0 Å². The van der Waals surface area contributed by atoms with Crippen molar-refractivity contribution in [1.29, 1.82) is 5.53 Å². The Morgan fingerprint density at radius 3 is 2.88 bits per heavy atom. The molecule has 0 radical (unpaired) electrons. The van der Waals surface area contributed by atoms with Gasteiger partial charge in [-0.3, -0.25) is 10.7 Å². The molecule has 5 N–H and O–H groups in total. The van der Waals surface area contributed by atoms with Gasteiger partial charge < -0.3 is 19.5 Å². The lowest BCUT2D eigenvalue weighted by Crippen LogP contribution is -2.40. The molecule has 1 aliphatic rings. The SMILES string of the molecule is C[C@@]1(F)C(O)C(CO)O[C@H]1n1cc(CN=N)c2c(NO)ncnc21. The Hall–Kier alpha value is -2.21. The van der Waals surface area contributed by atoms with Crippen molar-refractivity contribution in [2.45, 2.75) is 37.6 Å². The highest BCUT2D eigenvalue weighted by atomic mass is 19.1. The Kier molecular flexibility index (Phi) is 4.17. The summed E-state index contributed by atoms with van der Waals surface area (Å²) < 4.78 is 21.8. The summed E-state index contributed by atoms with van der Waals surface area (Å²) in [5.74, 6) is 0.0789. The van der Waals surface area contributed by atoms with E-state index in [0.29, 0.717) is 10.9 Å². The fourth-order valence-corrected chi connectivity index (χ4v) is 2.99. The van der Waals surface area contributed by atoms with Crippen LogP contribution in [0.25, 0.3) is 11.0 Å². The van der Waals surface area contributed by atoms with Crippen molar-refractivity contribution in [3.05, 3.63) is 18.1 Å². The largest absolute Gasteiger partial charge is 0.394 e. The van der Waals surface area contributed by atoms with Gasteiger partial charge in [0, 0.05) is 11.8 Å². The van der Waals surface area contributed by atoms with E-state index in [9.17, 15) is 15.4 Å². The van der Waals surface area contributed by atoms with Crippen LogP contribution in [0, 0.1) is 5.53 Å². The summed E-state index contributed by atoms with van der Waals surface area (Å²) in [5.41, 5.74) is 7.50. The molecule has 2 aromatic heterocycles. The van der Waals surface area contributed by atoms with Gasteiger partial charge in [0.05, 0.1) is 18.5 Å². The second-order valence-electron chi connectivity index (χ2n) is 5.72. The molecule has 3 heterocycles. The van der Waals surface area contributed by atoms with Crippen molar-refractivity contribution in [3.8, 4) is 0 Å². The third-order valence-electron chi connectivity index (χ3n) is 4.19. The van der Waals surface area contributed by atoms with Gasteiger partial charge >= 0.3 is 0 Å². The number of hydrogen-bond acceptors (Lipinski definition) is 9. The van der Waals surface area contributed by atoms with Gasteiger partial charge in [-0.2, -0.15) is 5.11 Å². The molecule has 1 fully saturated rings. The lowest BCUT2D eigenvalue weighted by Gasteiger charge is -2.25. The number of aromatic nitrogens is 3. The number of nitrogens with zero attached hydrogens (tertiary/aromatic N) is 4. The maximum absolute atomic E-state index is 15.0. The minimum Gasteiger partial charge on any atom is -0.394 e. The normalized spacial score (nSPS) is 30.0. The quantitative estimate of drug-likeness (QED) is 0.398. The molecule has 10 nitrogen and oxygen atoms in total. The number of hydrogen-bond donors (Lipinski definition) is 5. The molecule has 3 rings (SSSR count). The second-order valence-corrected chi connectivity index (χ2v) is 5.72. The maximum atomic E-state index is 15.0. The number of rotatable bonds is 5. The van der Waals surface area contributed by atoms with E-state index in [-0.39, 0.29) is 18.0 Å². The van der Waals surface area contributed by atoms with E-state index in [0.717, 1.165) is 0 Å². The van der Waals surface area contributed by atoms with Gasteiger partial charge in [-0.05, 0) is 6.92 Å². The summed E-state index contributed by atoms with van der Waals surface area (Å²) in [6, 6.07) is 0. The number of ether oxygens (including phenoxy) is 1. The summed E-state index contributed by atoms with van der Waals surface area (Å²) in [7, 11) is 0. The first-order chi connectivity index (χ1) is 11.5. The van der Waals surface area contributed by atoms with E-state index in [2.05, 4.69) is 15.1 Å². The molecule has 1 saturated heterocycles. The molecular weight excluding hydrogens is 323 g/mol. The monoisotopic (exact) mass is 340 g/mol. The highest BCUT2D eigenvalue weighted by Crippen LogP contribution is 2.43. The first-order valence-corrected chi connectivity index (χ1v) is 7.16. The number of anilines is 1. The minimum atomic E-state index is -2.19. The van der Waals surface area contributed by atoms with Gasteiger partial charge in [0.15, 0.2) is 17.7 Å². The Bertz CT molecular complexity index is 766. The van der Waals surface area contributed by atoms with Crippen LogP contribution in [0.15, 0.2) is 17.6 Å². The summed E-state index contributed by atoms with van der Waals surface area (Å²) in [5, 5.41) is 32.2. The van der Waals surface area contributed by atoms with Gasteiger partial charge in [-0.1, -0.05) is 0 Å². The van der Waals surface area contributed by atoms with Crippen LogP contribution in [0.4, 0.5) is 10.2 Å². The predicted molar refractivity (Wildman–Crippen MR) is 78.3 cm³/mol. The lowest BCUT2D eigenvalue weighted by atomic mass is 9.98. The molecule has 0 spiro atoms. The van der Waals surface area contributed by atoms with Crippen LogP contribution < -0.4 is 5.48 Å². The van der Waals surface area contributed by atoms with Crippen molar-refractivity contribution >= 4 is 16.9 Å². The average Bonchev–Trinajstić information content (AvgIpc) is 3.04. The molecule has 0 aliphatic carbocycles. The maximum Gasteiger partial charge on any atom is 0.181 e. The van der Waals surface area contributed by atoms with Crippen LogP contribution in [0.1, 0.15) is 18.7 Å². The van der Waals surface area contributed by atoms with E-state index in [1.54, 1.807) is 0 Å². The summed E-state index contributed by atoms with van der Waals surface area (Å²) in [4.78, 5) is 7.96. The molecular formula is C13H17FN6O4. The first-order valence-electron chi connectivity index (χ1n) is 7.16. The van der Waals surface area contributed by atoms with E-state index < -0.39 is 30.7 Å². The van der Waals surface area contributed by atoms with E-state index >= 15 is 4.39 Å². The Morgan fingerprint density at radius 2 is 2.29 bits per heavy atom. The van der Waals surface area contributed by atoms with Crippen LogP contribution in [0.3, 0.4) is 0 Å². The molecule has 2 aromatic rings. The third-order valence-corrected chi connectivity index (χ3v) is 4.19. The van der Waals surface area contributed by atoms with E-state index in [1.807, 2.05) is 5.48 Å². The van der Waals surface area contributed by atoms with Crippen LogP contribution in [0.5, 0.6) is 0 Å². The molecule has 0 aromatic carbocycles. The summed E-state index contributed by atoms with van der Waals surface area (Å²) in [6.45, 7) is 0.599. The van der Waals surface area contributed by atoms with Crippen molar-refractivity contribution in [2.75, 3.05) is 12.1 Å². The Morgan fingerprint density at radius 1 is 1.54 bits per heavy atom. The predicted octanol–water partition coefficient (Wildman–Crippen LogP) is 0.742. The summed E-state index contributed by atoms with van der Waals surface area (Å²) in [6.07, 6.45) is -1.21. The highest BCUT2D eigenvalue weighted by molar-refractivity contribution is 5.90. The van der Waals surface area contributed by atoms with Crippen LogP contribution in [-0.4, -0.2) is 54.4 Å². The molecule has 4 atom stereocenters. The zero-order valence-corrected chi connectivity index (χ0v) is 12.7. The van der Waals surface area contributed by atoms with E-state index in [1.165, 1.54) is 24.0 Å². The van der Waals surface area contributed by atoms with E-state index in [4.69, 9.17) is 10.3 Å². The fourth-order valence-electron chi connectivity index (χ4n) is 2.99. The molecule has 0 saturated carbocycles. The van der Waals surface area contributed by atoms with Gasteiger partial charge in [-0.25, -0.2) is 19.9 Å². The first kappa shape index (κ1) is 16.6. The highest BCUT2D eigenvalue weighted by Gasteiger charge is 2.55. The zero-order chi connectivity index (χ0) is 17.5. The third kappa shape index (κ3) is 2.33. The van der Waals surface area contributed by atoms with Gasteiger partial charge in [0.1, 0.15) is 24.2 Å². The number of aliphatic hydroxyl groups excluding tert-OH is 2. The number of alkyl halides is 1. The number of fused-ring (bicyclic) bond motifs is 1. The molecule has 11 heteroatoms. The topological polar surface area (TPSA) is 149 Å². The number of halogens is 1. The van der Waals surface area contributed by atoms with Crippen molar-refractivity contribution in [2.24, 2.45) is 5.11 Å². The van der Waals surface area contributed by atoms with Crippen molar-refractivity contribution < 1.29 is 24.5 Å². The van der Waals surface area contributed by atoms with Gasteiger partial charge in [0.2, 0.25) is 0 Å². The van der Waals surface area contributed by atoms with Crippen molar-refractivity contribution in [1.82, 2.24) is 14.5 Å². The molecule has 0 bridgehead atoms. The standard InChI is InChI=1S/C13H17FN6O4/c1-13(14)9(22)7(4-21)24-12(13)20-3-6(2-18-15)8-10(19-23)16-5-17-11(8)20/h3,5,7,9,12,15,21-23H,2,4H2,1H3,(H,16,17,19)/t7?,9?,12-,13-/m1/s1. The smallest absolute Gasteiger partial charge is 0.181 e. The fraction of sp³-hybridized carbons (Fsp3) is 0.538. The van der Waals surface area contributed by atoms with Gasteiger partial charge in [-0.15, -0.1) is 0 Å². The van der Waals surface area contributed by atoms with Crippen LogP contribution in [-0.2, 0) is 11.3 Å². The molecule has 24 heavy (non-hydrogen) atoms. The molecule has 0 amide bonds. The molecule has 2 unspecified atom stereocenters. The van der Waals surface area contributed by atoms with Crippen molar-refractivity contribution in [3.63, 3.8) is 0 Å². The Balaban J connectivity index is 2.18. The lowest BCUT2D eigenvalue weighted by molar-refractivity contribution is -0.0564. The zero-order valence-electron chi connectivity index (χ0n) is 12.7. The summed E-state index contributed by atoms with van der Waals surface area (Å²) >= 11 is 0. The number of aliphatic hydroxyl groups is 2. The van der Waals surface area contributed by atoms with Crippen LogP contribution in [0.2, 0.25) is 0 Å². The average molecular weight is 340 g/mol. The molecule has 130 valence electrons. The van der Waals surface area contributed by atoms with Crippen LogP contribution >= 0.6 is 0 Å². The molecule has 1 aliphatic heterocycles. The Labute approximate surface area is 135 Å². The number of nitrogens with one attached hydrogen (secondary N) is 2. The minimum absolute atomic E-state index is 0.0345. The second kappa shape index (κ2) is 6.02.